The summed E-state index contributed by atoms with van der Waals surface area (Å²) in [6.07, 6.45) is 0.788. The maximum atomic E-state index is 12.9. The smallest absolute Gasteiger partial charge is 0.254 e. The van der Waals surface area contributed by atoms with E-state index in [4.69, 9.17) is 14.2 Å². The predicted octanol–water partition coefficient (Wildman–Crippen LogP) is 2.68. The number of nitrogens with zero attached hydrogens (tertiary/aromatic N) is 2. The zero-order valence-corrected chi connectivity index (χ0v) is 15.0. The number of aromatic nitrogens is 1. The van der Waals surface area contributed by atoms with Crippen LogP contribution in [0.3, 0.4) is 0 Å². The Hall–Kier alpha value is -2.28. The number of carbonyl (C=O) groups excluding carboxylic acids is 1. The van der Waals surface area contributed by atoms with Crippen LogP contribution < -0.4 is 14.2 Å². The van der Waals surface area contributed by atoms with Gasteiger partial charge in [-0.05, 0) is 19.1 Å². The maximum absolute atomic E-state index is 12.9. The molecule has 0 spiro atoms. The fourth-order valence-corrected chi connectivity index (χ4v) is 3.88. The van der Waals surface area contributed by atoms with Crippen molar-refractivity contribution in [1.82, 2.24) is 9.88 Å². The molecule has 0 atom stereocenters. The quantitative estimate of drug-likeness (QED) is 0.850. The highest BCUT2D eigenvalue weighted by Crippen LogP contribution is 2.38. The highest BCUT2D eigenvalue weighted by Gasteiger charge is 2.26. The Labute approximate surface area is 145 Å². The summed E-state index contributed by atoms with van der Waals surface area (Å²) in [5.74, 6) is 1.39. The van der Waals surface area contributed by atoms with E-state index in [2.05, 4.69) is 4.98 Å². The van der Waals surface area contributed by atoms with E-state index in [1.807, 2.05) is 11.8 Å². The zero-order valence-electron chi connectivity index (χ0n) is 14.2. The summed E-state index contributed by atoms with van der Waals surface area (Å²) in [6.45, 7) is 3.25. The molecule has 0 aliphatic carbocycles. The molecular weight excluding hydrogens is 328 g/mol. The fourth-order valence-electron chi connectivity index (χ4n) is 2.89. The largest absolute Gasteiger partial charge is 0.493 e. The van der Waals surface area contributed by atoms with Crippen LogP contribution in [0.1, 0.15) is 25.9 Å². The highest BCUT2D eigenvalue weighted by molar-refractivity contribution is 7.11. The summed E-state index contributed by atoms with van der Waals surface area (Å²) in [5, 5.41) is 1.04. The Morgan fingerprint density at radius 1 is 1.17 bits per heavy atom. The van der Waals surface area contributed by atoms with Gasteiger partial charge in [0.05, 0.1) is 38.6 Å². The minimum Gasteiger partial charge on any atom is -0.493 e. The van der Waals surface area contributed by atoms with Gasteiger partial charge in [0, 0.05) is 23.4 Å². The molecule has 0 bridgehead atoms. The van der Waals surface area contributed by atoms with Crippen LogP contribution in [0.5, 0.6) is 17.2 Å². The summed E-state index contributed by atoms with van der Waals surface area (Å²) in [5.41, 5.74) is 1.64. The van der Waals surface area contributed by atoms with Crippen molar-refractivity contribution in [3.05, 3.63) is 33.3 Å². The van der Waals surface area contributed by atoms with Crippen LogP contribution in [-0.4, -0.2) is 43.7 Å². The minimum atomic E-state index is -0.0500. The average molecular weight is 348 g/mol. The van der Waals surface area contributed by atoms with E-state index < -0.39 is 0 Å². The highest BCUT2D eigenvalue weighted by atomic mass is 32.1. The fraction of sp³-hybridized carbons (Fsp3) is 0.412. The van der Waals surface area contributed by atoms with Gasteiger partial charge >= 0.3 is 0 Å². The van der Waals surface area contributed by atoms with Gasteiger partial charge in [0.1, 0.15) is 0 Å². The minimum absolute atomic E-state index is 0.0500. The monoisotopic (exact) mass is 348 g/mol. The Balaban J connectivity index is 1.90. The molecule has 2 aromatic rings. The Morgan fingerprint density at radius 2 is 1.83 bits per heavy atom. The molecule has 128 valence electrons. The number of hydrogen-bond donors (Lipinski definition) is 0. The molecule has 24 heavy (non-hydrogen) atoms. The molecule has 1 aromatic carbocycles. The number of aryl methyl sites for hydroxylation is 1. The molecule has 0 saturated carbocycles. The Bertz CT molecular complexity index is 747. The topological polar surface area (TPSA) is 60.9 Å². The number of benzene rings is 1. The first kappa shape index (κ1) is 16.6. The van der Waals surface area contributed by atoms with Crippen molar-refractivity contribution in [2.45, 2.75) is 19.9 Å². The first-order valence-electron chi connectivity index (χ1n) is 7.61. The molecular formula is C17H20N2O4S. The normalized spacial score (nSPS) is 13.4. The third-order valence-corrected chi connectivity index (χ3v) is 5.03. The Kier molecular flexibility index (Phi) is 4.62. The maximum Gasteiger partial charge on any atom is 0.254 e. The van der Waals surface area contributed by atoms with Gasteiger partial charge < -0.3 is 19.1 Å². The van der Waals surface area contributed by atoms with Crippen LogP contribution in [-0.2, 0) is 13.0 Å². The molecule has 0 N–H and O–H groups in total. The number of carbonyl (C=O) groups is 1. The summed E-state index contributed by atoms with van der Waals surface area (Å²) >= 11 is 1.65. The van der Waals surface area contributed by atoms with E-state index >= 15 is 0 Å². The van der Waals surface area contributed by atoms with Crippen LogP contribution in [0.4, 0.5) is 0 Å². The van der Waals surface area contributed by atoms with Gasteiger partial charge in [-0.1, -0.05) is 0 Å². The standard InChI is InChI=1S/C17H20N2O4S/c1-10-18-12-5-6-19(9-15(12)24-10)17(20)11-7-13(21-2)16(23-4)14(8-11)22-3/h7-8H,5-6,9H2,1-4H3. The number of ether oxygens (including phenoxy) is 3. The third-order valence-electron chi connectivity index (χ3n) is 4.04. The van der Waals surface area contributed by atoms with Gasteiger partial charge in [0.2, 0.25) is 5.75 Å². The van der Waals surface area contributed by atoms with Gasteiger partial charge in [0.15, 0.2) is 11.5 Å². The van der Waals surface area contributed by atoms with Crippen LogP contribution >= 0.6 is 11.3 Å². The number of thiazole rings is 1. The van der Waals surface area contributed by atoms with Crippen molar-refractivity contribution in [1.29, 1.82) is 0 Å². The van der Waals surface area contributed by atoms with E-state index in [-0.39, 0.29) is 5.91 Å². The molecule has 1 aliphatic rings. The molecule has 0 unspecified atom stereocenters. The number of methoxy groups -OCH3 is 3. The lowest BCUT2D eigenvalue weighted by molar-refractivity contribution is 0.0735. The molecule has 6 nitrogen and oxygen atoms in total. The first-order valence-corrected chi connectivity index (χ1v) is 8.43. The molecule has 1 amide bonds. The molecule has 0 saturated heterocycles. The van der Waals surface area contributed by atoms with Crippen molar-refractivity contribution < 1.29 is 19.0 Å². The molecule has 0 fully saturated rings. The third kappa shape index (κ3) is 2.91. The van der Waals surface area contributed by atoms with Gasteiger partial charge in [-0.3, -0.25) is 4.79 Å². The molecule has 1 aromatic heterocycles. The van der Waals surface area contributed by atoms with Crippen LogP contribution in [0.2, 0.25) is 0 Å². The molecule has 2 heterocycles. The second-order valence-corrected chi connectivity index (χ2v) is 6.78. The van der Waals surface area contributed by atoms with Crippen LogP contribution in [0.15, 0.2) is 12.1 Å². The van der Waals surface area contributed by atoms with Crippen molar-refractivity contribution >= 4 is 17.2 Å². The number of amides is 1. The second-order valence-electron chi connectivity index (χ2n) is 5.49. The molecule has 1 aliphatic heterocycles. The lowest BCUT2D eigenvalue weighted by Gasteiger charge is -2.26. The van der Waals surface area contributed by atoms with E-state index in [9.17, 15) is 4.79 Å². The Morgan fingerprint density at radius 3 is 2.42 bits per heavy atom. The number of hydrogen-bond acceptors (Lipinski definition) is 6. The van der Waals surface area contributed by atoms with E-state index in [0.29, 0.717) is 35.9 Å². The van der Waals surface area contributed by atoms with Crippen LogP contribution in [0.25, 0.3) is 0 Å². The second kappa shape index (κ2) is 6.68. The van der Waals surface area contributed by atoms with E-state index in [1.165, 1.54) is 4.88 Å². The molecule has 3 rings (SSSR count). The summed E-state index contributed by atoms with van der Waals surface area (Å²) in [4.78, 5) is 20.4. The predicted molar refractivity (Wildman–Crippen MR) is 91.4 cm³/mol. The van der Waals surface area contributed by atoms with Gasteiger partial charge in [-0.25, -0.2) is 4.98 Å². The SMILES string of the molecule is COc1cc(C(=O)N2CCc3nc(C)sc3C2)cc(OC)c1OC. The van der Waals surface area contributed by atoms with Gasteiger partial charge in [-0.15, -0.1) is 11.3 Å². The van der Waals surface area contributed by atoms with Crippen molar-refractivity contribution in [3.63, 3.8) is 0 Å². The van der Waals surface area contributed by atoms with Crippen LogP contribution in [0, 0.1) is 6.92 Å². The lowest BCUT2D eigenvalue weighted by Crippen LogP contribution is -2.35. The number of rotatable bonds is 4. The number of fused-ring (bicyclic) bond motifs is 1. The molecule has 7 heteroatoms. The summed E-state index contributed by atoms with van der Waals surface area (Å²) in [7, 11) is 4.62. The van der Waals surface area contributed by atoms with Gasteiger partial charge in [0.25, 0.3) is 5.91 Å². The van der Waals surface area contributed by atoms with E-state index in [1.54, 1.807) is 44.8 Å². The molecule has 0 radical (unpaired) electrons. The first-order chi connectivity index (χ1) is 11.6. The summed E-state index contributed by atoms with van der Waals surface area (Å²) in [6, 6.07) is 3.38. The summed E-state index contributed by atoms with van der Waals surface area (Å²) < 4.78 is 16.0. The van der Waals surface area contributed by atoms with E-state index in [0.717, 1.165) is 17.1 Å². The average Bonchev–Trinajstić information content (AvgIpc) is 2.98. The van der Waals surface area contributed by atoms with Crippen molar-refractivity contribution in [2.24, 2.45) is 0 Å². The lowest BCUT2D eigenvalue weighted by atomic mass is 10.1. The van der Waals surface area contributed by atoms with Crippen molar-refractivity contribution in [3.8, 4) is 17.2 Å². The zero-order chi connectivity index (χ0) is 17.3. The van der Waals surface area contributed by atoms with Gasteiger partial charge in [-0.2, -0.15) is 0 Å². The van der Waals surface area contributed by atoms with Crippen molar-refractivity contribution in [2.75, 3.05) is 27.9 Å².